The lowest BCUT2D eigenvalue weighted by Gasteiger charge is -2.08. The molecule has 0 saturated carbocycles. The maximum absolute atomic E-state index is 11.6. The van der Waals surface area contributed by atoms with Gasteiger partial charge in [0.2, 0.25) is 0 Å². The van der Waals surface area contributed by atoms with E-state index >= 15 is 0 Å². The average molecular weight is 252 g/mol. The second-order valence-corrected chi connectivity index (χ2v) is 4.80. The number of pyridine rings is 1. The SMILES string of the molecule is Cc1ccc2c(ccn2CCn2ccccc2=O)c1. The van der Waals surface area contributed by atoms with Crippen LogP contribution in [0.3, 0.4) is 0 Å². The third-order valence-electron chi connectivity index (χ3n) is 3.41. The molecule has 0 aliphatic carbocycles. The summed E-state index contributed by atoms with van der Waals surface area (Å²) < 4.78 is 3.92. The molecule has 0 saturated heterocycles. The molecule has 3 heteroatoms. The molecule has 96 valence electrons. The molecule has 1 aromatic carbocycles. The van der Waals surface area contributed by atoms with Crippen LogP contribution in [0.15, 0.2) is 59.7 Å². The second-order valence-electron chi connectivity index (χ2n) is 4.80. The van der Waals surface area contributed by atoms with Crippen molar-refractivity contribution in [2.24, 2.45) is 0 Å². The highest BCUT2D eigenvalue weighted by Crippen LogP contribution is 2.17. The van der Waals surface area contributed by atoms with Gasteiger partial charge in [0.25, 0.3) is 5.56 Å². The summed E-state index contributed by atoms with van der Waals surface area (Å²) in [6.45, 7) is 3.59. The fraction of sp³-hybridized carbons (Fsp3) is 0.188. The molecule has 0 bridgehead atoms. The fourth-order valence-corrected chi connectivity index (χ4v) is 2.38. The van der Waals surface area contributed by atoms with Crippen molar-refractivity contribution in [2.75, 3.05) is 0 Å². The Morgan fingerprint density at radius 1 is 0.947 bits per heavy atom. The van der Waals surface area contributed by atoms with Gasteiger partial charge in [0.1, 0.15) is 0 Å². The van der Waals surface area contributed by atoms with Gasteiger partial charge in [-0.2, -0.15) is 0 Å². The quantitative estimate of drug-likeness (QED) is 0.704. The van der Waals surface area contributed by atoms with E-state index in [0.29, 0.717) is 6.54 Å². The first kappa shape index (κ1) is 11.8. The van der Waals surface area contributed by atoms with E-state index in [4.69, 9.17) is 0 Å². The van der Waals surface area contributed by atoms with E-state index < -0.39 is 0 Å². The first-order valence-electron chi connectivity index (χ1n) is 6.45. The third kappa shape index (κ3) is 2.32. The number of fused-ring (bicyclic) bond motifs is 1. The van der Waals surface area contributed by atoms with Crippen LogP contribution in [-0.4, -0.2) is 9.13 Å². The number of nitrogens with zero attached hydrogens (tertiary/aromatic N) is 2. The van der Waals surface area contributed by atoms with Crippen LogP contribution < -0.4 is 5.56 Å². The predicted octanol–water partition coefficient (Wildman–Crippen LogP) is 2.81. The molecule has 3 aromatic rings. The van der Waals surface area contributed by atoms with E-state index in [1.165, 1.54) is 16.5 Å². The zero-order valence-corrected chi connectivity index (χ0v) is 10.9. The standard InChI is InChI=1S/C16H16N2O/c1-13-5-6-15-14(12-13)7-9-17(15)10-11-18-8-3-2-4-16(18)19/h2-9,12H,10-11H2,1H3. The minimum absolute atomic E-state index is 0.0507. The summed E-state index contributed by atoms with van der Waals surface area (Å²) in [4.78, 5) is 11.6. The summed E-state index contributed by atoms with van der Waals surface area (Å²) >= 11 is 0. The van der Waals surface area contributed by atoms with Crippen LogP contribution in [0.4, 0.5) is 0 Å². The number of benzene rings is 1. The van der Waals surface area contributed by atoms with E-state index in [0.717, 1.165) is 6.54 Å². The Kier molecular flexibility index (Phi) is 2.95. The Hall–Kier alpha value is -2.29. The molecule has 0 fully saturated rings. The van der Waals surface area contributed by atoms with Gasteiger partial charge in [0.05, 0.1) is 0 Å². The second kappa shape index (κ2) is 4.76. The van der Waals surface area contributed by atoms with Gasteiger partial charge >= 0.3 is 0 Å². The maximum atomic E-state index is 11.6. The molecule has 0 spiro atoms. The first-order valence-corrected chi connectivity index (χ1v) is 6.45. The molecule has 0 unspecified atom stereocenters. The highest BCUT2D eigenvalue weighted by molar-refractivity contribution is 5.80. The van der Waals surface area contributed by atoms with Gasteiger partial charge in [-0.05, 0) is 36.6 Å². The lowest BCUT2D eigenvalue weighted by molar-refractivity contribution is 0.577. The van der Waals surface area contributed by atoms with Crippen molar-refractivity contribution in [1.29, 1.82) is 0 Å². The molecule has 0 radical (unpaired) electrons. The normalized spacial score (nSPS) is 11.0. The summed E-state index contributed by atoms with van der Waals surface area (Å²) in [6.07, 6.45) is 3.91. The van der Waals surface area contributed by atoms with Gasteiger partial charge in [0.15, 0.2) is 0 Å². The van der Waals surface area contributed by atoms with E-state index in [1.54, 1.807) is 16.7 Å². The van der Waals surface area contributed by atoms with Crippen LogP contribution in [0.5, 0.6) is 0 Å². The number of hydrogen-bond acceptors (Lipinski definition) is 1. The largest absolute Gasteiger partial charge is 0.346 e. The van der Waals surface area contributed by atoms with Crippen LogP contribution in [-0.2, 0) is 13.1 Å². The van der Waals surface area contributed by atoms with Crippen LogP contribution >= 0.6 is 0 Å². The van der Waals surface area contributed by atoms with Crippen molar-refractivity contribution in [3.8, 4) is 0 Å². The average Bonchev–Trinajstić information content (AvgIpc) is 2.80. The third-order valence-corrected chi connectivity index (χ3v) is 3.41. The molecule has 0 atom stereocenters. The lowest BCUT2D eigenvalue weighted by atomic mass is 10.2. The minimum atomic E-state index is 0.0507. The molecule has 0 amide bonds. The highest BCUT2D eigenvalue weighted by Gasteiger charge is 2.01. The van der Waals surface area contributed by atoms with Gasteiger partial charge in [0, 0.05) is 37.1 Å². The van der Waals surface area contributed by atoms with Gasteiger partial charge in [-0.15, -0.1) is 0 Å². The van der Waals surface area contributed by atoms with Crippen LogP contribution in [0, 0.1) is 6.92 Å². The zero-order valence-electron chi connectivity index (χ0n) is 10.9. The Balaban J connectivity index is 1.86. The van der Waals surface area contributed by atoms with Crippen molar-refractivity contribution in [3.63, 3.8) is 0 Å². The summed E-state index contributed by atoms with van der Waals surface area (Å²) in [5.74, 6) is 0. The van der Waals surface area contributed by atoms with Gasteiger partial charge < -0.3 is 9.13 Å². The number of aromatic nitrogens is 2. The van der Waals surface area contributed by atoms with E-state index in [9.17, 15) is 4.79 Å². The Bertz CT molecular complexity index is 768. The van der Waals surface area contributed by atoms with Crippen molar-refractivity contribution in [1.82, 2.24) is 9.13 Å². The van der Waals surface area contributed by atoms with Crippen molar-refractivity contribution >= 4 is 10.9 Å². The van der Waals surface area contributed by atoms with Gasteiger partial charge in [-0.25, -0.2) is 0 Å². The summed E-state index contributed by atoms with van der Waals surface area (Å²) in [5.41, 5.74) is 2.54. The minimum Gasteiger partial charge on any atom is -0.346 e. The Morgan fingerprint density at radius 2 is 1.79 bits per heavy atom. The molecule has 0 N–H and O–H groups in total. The van der Waals surface area contributed by atoms with E-state index in [-0.39, 0.29) is 5.56 Å². The van der Waals surface area contributed by atoms with E-state index in [2.05, 4.69) is 42.0 Å². The number of hydrogen-bond donors (Lipinski definition) is 0. The Morgan fingerprint density at radius 3 is 2.63 bits per heavy atom. The molecule has 0 aliphatic rings. The molecular weight excluding hydrogens is 236 g/mol. The number of aryl methyl sites for hydroxylation is 3. The van der Waals surface area contributed by atoms with Crippen molar-refractivity contribution in [3.05, 3.63) is 70.8 Å². The maximum Gasteiger partial charge on any atom is 0.250 e. The Labute approximate surface area is 111 Å². The molecule has 0 aliphatic heterocycles. The monoisotopic (exact) mass is 252 g/mol. The fourth-order valence-electron chi connectivity index (χ4n) is 2.38. The number of rotatable bonds is 3. The molecule has 3 rings (SSSR count). The zero-order chi connectivity index (χ0) is 13.2. The summed E-state index contributed by atoms with van der Waals surface area (Å²) in [6, 6.07) is 13.8. The van der Waals surface area contributed by atoms with Gasteiger partial charge in [-0.1, -0.05) is 17.7 Å². The smallest absolute Gasteiger partial charge is 0.250 e. The summed E-state index contributed by atoms with van der Waals surface area (Å²) in [5, 5.41) is 1.25. The molecule has 19 heavy (non-hydrogen) atoms. The van der Waals surface area contributed by atoms with Crippen molar-refractivity contribution < 1.29 is 0 Å². The topological polar surface area (TPSA) is 26.9 Å². The molecule has 2 aromatic heterocycles. The van der Waals surface area contributed by atoms with Crippen LogP contribution in [0.2, 0.25) is 0 Å². The predicted molar refractivity (Wildman–Crippen MR) is 77.4 cm³/mol. The molecule has 2 heterocycles. The van der Waals surface area contributed by atoms with Crippen LogP contribution in [0.25, 0.3) is 10.9 Å². The van der Waals surface area contributed by atoms with Crippen molar-refractivity contribution in [2.45, 2.75) is 20.0 Å². The molecule has 3 nitrogen and oxygen atoms in total. The highest BCUT2D eigenvalue weighted by atomic mass is 16.1. The van der Waals surface area contributed by atoms with Gasteiger partial charge in [-0.3, -0.25) is 4.79 Å². The van der Waals surface area contributed by atoms with E-state index in [1.807, 2.05) is 12.3 Å². The summed E-state index contributed by atoms with van der Waals surface area (Å²) in [7, 11) is 0. The first-order chi connectivity index (χ1) is 9.24. The molecular formula is C16H16N2O. The lowest BCUT2D eigenvalue weighted by Crippen LogP contribution is -2.20. The van der Waals surface area contributed by atoms with Crippen LogP contribution in [0.1, 0.15) is 5.56 Å².